The topological polar surface area (TPSA) is 87.2 Å². The Morgan fingerprint density at radius 3 is 2.93 bits per heavy atom. The Hall–Kier alpha value is -2.16. The van der Waals surface area contributed by atoms with Crippen molar-refractivity contribution in [1.29, 1.82) is 0 Å². The van der Waals surface area contributed by atoms with Gasteiger partial charge in [0.2, 0.25) is 5.91 Å². The van der Waals surface area contributed by atoms with Gasteiger partial charge in [0.05, 0.1) is 29.0 Å². The van der Waals surface area contributed by atoms with Gasteiger partial charge in [0, 0.05) is 11.3 Å². The molecule has 146 valence electrons. The highest BCUT2D eigenvalue weighted by atomic mass is 32.2. The van der Waals surface area contributed by atoms with Gasteiger partial charge in [-0.1, -0.05) is 23.9 Å². The smallest absolute Gasteiger partial charge is 0.267 e. The normalized spacial score (nSPS) is 15.5. The lowest BCUT2D eigenvalue weighted by molar-refractivity contribution is -0.115. The number of rotatable bonds is 4. The zero-order chi connectivity index (χ0) is 20.1. The summed E-state index contributed by atoms with van der Waals surface area (Å²) in [5, 5.41) is 1.13. The van der Waals surface area contributed by atoms with Crippen LogP contribution in [-0.2, 0) is 22.6 Å². The Balaban J connectivity index is 1.98. The van der Waals surface area contributed by atoms with Crippen LogP contribution in [0.4, 0.5) is 0 Å². The summed E-state index contributed by atoms with van der Waals surface area (Å²) >= 11 is 2.67. The summed E-state index contributed by atoms with van der Waals surface area (Å²) in [5.41, 5.74) is 7.70. The Morgan fingerprint density at radius 1 is 1.43 bits per heavy atom. The molecule has 0 saturated carbocycles. The van der Waals surface area contributed by atoms with Crippen LogP contribution >= 0.6 is 23.1 Å². The monoisotopic (exact) mass is 415 g/mol. The van der Waals surface area contributed by atoms with Crippen molar-refractivity contribution in [2.45, 2.75) is 44.6 Å². The standard InChI is InChI=1S/C20H21N3O3S2/c1-11-5-4-6-12(7-11)23-18(25)16-13-8-20(2,3)26-9-14(13)28-17(16)22-19(23)27-10-15(21)24/h4-7H,8-10H2,1-3H3,(H2,21,24). The molecular weight excluding hydrogens is 394 g/mol. The molecule has 0 spiro atoms. The van der Waals surface area contributed by atoms with Gasteiger partial charge in [-0.15, -0.1) is 11.3 Å². The lowest BCUT2D eigenvalue weighted by atomic mass is 9.94. The Bertz CT molecular complexity index is 1150. The zero-order valence-corrected chi connectivity index (χ0v) is 17.6. The molecule has 1 amide bonds. The second-order valence-electron chi connectivity index (χ2n) is 7.54. The van der Waals surface area contributed by atoms with Crippen LogP contribution in [0.5, 0.6) is 0 Å². The molecule has 3 aromatic rings. The molecule has 0 radical (unpaired) electrons. The Labute approximate surface area is 170 Å². The third kappa shape index (κ3) is 3.47. The van der Waals surface area contributed by atoms with E-state index in [1.54, 1.807) is 4.57 Å². The average Bonchev–Trinajstić information content (AvgIpc) is 2.96. The second kappa shape index (κ2) is 7.02. The van der Waals surface area contributed by atoms with Crippen LogP contribution in [0.25, 0.3) is 15.9 Å². The number of thioether (sulfide) groups is 1. The van der Waals surface area contributed by atoms with Gasteiger partial charge in [-0.2, -0.15) is 0 Å². The number of benzene rings is 1. The van der Waals surface area contributed by atoms with Crippen molar-refractivity contribution in [3.8, 4) is 5.69 Å². The van der Waals surface area contributed by atoms with E-state index >= 15 is 0 Å². The van der Waals surface area contributed by atoms with Gasteiger partial charge >= 0.3 is 0 Å². The number of aromatic nitrogens is 2. The lowest BCUT2D eigenvalue weighted by Gasteiger charge is -2.29. The SMILES string of the molecule is Cc1cccc(-n2c(SCC(N)=O)nc3sc4c(c3c2=O)CC(C)(C)OC4)c1. The molecule has 6 nitrogen and oxygen atoms in total. The van der Waals surface area contributed by atoms with E-state index in [2.05, 4.69) is 0 Å². The molecule has 3 heterocycles. The fraction of sp³-hybridized carbons (Fsp3) is 0.350. The number of amides is 1. The van der Waals surface area contributed by atoms with Crippen molar-refractivity contribution in [3.05, 3.63) is 50.6 Å². The molecule has 1 aliphatic rings. The molecular formula is C20H21N3O3S2. The highest BCUT2D eigenvalue weighted by Crippen LogP contribution is 2.37. The van der Waals surface area contributed by atoms with Crippen LogP contribution in [0.2, 0.25) is 0 Å². The number of carbonyl (C=O) groups is 1. The van der Waals surface area contributed by atoms with Gasteiger partial charge < -0.3 is 10.5 Å². The van der Waals surface area contributed by atoms with E-state index in [0.29, 0.717) is 28.4 Å². The predicted octanol–water partition coefficient (Wildman–Crippen LogP) is 3.18. The summed E-state index contributed by atoms with van der Waals surface area (Å²) in [5.74, 6) is -0.388. The van der Waals surface area contributed by atoms with E-state index in [9.17, 15) is 9.59 Å². The number of fused-ring (bicyclic) bond motifs is 3. The summed E-state index contributed by atoms with van der Waals surface area (Å²) in [6.07, 6.45) is 0.668. The molecule has 4 rings (SSSR count). The van der Waals surface area contributed by atoms with Crippen molar-refractivity contribution < 1.29 is 9.53 Å². The molecule has 0 atom stereocenters. The molecule has 2 aromatic heterocycles. The van der Waals surface area contributed by atoms with Crippen molar-refractivity contribution in [2.24, 2.45) is 5.73 Å². The molecule has 0 fully saturated rings. The average molecular weight is 416 g/mol. The van der Waals surface area contributed by atoms with Gasteiger partial charge in [0.15, 0.2) is 5.16 Å². The van der Waals surface area contributed by atoms with Crippen molar-refractivity contribution >= 4 is 39.2 Å². The Morgan fingerprint density at radius 2 is 2.21 bits per heavy atom. The van der Waals surface area contributed by atoms with Crippen LogP contribution in [-0.4, -0.2) is 26.8 Å². The van der Waals surface area contributed by atoms with E-state index < -0.39 is 5.91 Å². The molecule has 2 N–H and O–H groups in total. The predicted molar refractivity (Wildman–Crippen MR) is 112 cm³/mol. The molecule has 1 aromatic carbocycles. The van der Waals surface area contributed by atoms with Crippen molar-refractivity contribution in [2.75, 3.05) is 5.75 Å². The van der Waals surface area contributed by atoms with Gasteiger partial charge in [0.1, 0.15) is 4.83 Å². The van der Waals surface area contributed by atoms with Crippen LogP contribution in [0.3, 0.4) is 0 Å². The minimum Gasteiger partial charge on any atom is -0.370 e. The number of primary amides is 1. The molecule has 28 heavy (non-hydrogen) atoms. The zero-order valence-electron chi connectivity index (χ0n) is 15.9. The third-order valence-electron chi connectivity index (χ3n) is 4.68. The van der Waals surface area contributed by atoms with Gasteiger partial charge in [-0.3, -0.25) is 14.2 Å². The summed E-state index contributed by atoms with van der Waals surface area (Å²) < 4.78 is 7.50. The maximum Gasteiger partial charge on any atom is 0.267 e. The molecule has 0 aliphatic carbocycles. The maximum absolute atomic E-state index is 13.6. The summed E-state index contributed by atoms with van der Waals surface area (Å²) in [6.45, 7) is 6.52. The fourth-order valence-electron chi connectivity index (χ4n) is 3.40. The first-order valence-electron chi connectivity index (χ1n) is 8.94. The minimum absolute atomic E-state index is 0.0605. The van der Waals surface area contributed by atoms with Crippen molar-refractivity contribution in [3.63, 3.8) is 0 Å². The summed E-state index contributed by atoms with van der Waals surface area (Å²) in [7, 11) is 0. The minimum atomic E-state index is -0.448. The van der Waals surface area contributed by atoms with E-state index in [1.165, 1.54) is 23.1 Å². The molecule has 1 aliphatic heterocycles. The van der Waals surface area contributed by atoms with E-state index in [1.807, 2.05) is 45.0 Å². The van der Waals surface area contributed by atoms with E-state index in [4.69, 9.17) is 15.5 Å². The number of thiophene rings is 1. The van der Waals surface area contributed by atoms with Gasteiger partial charge in [0.25, 0.3) is 5.56 Å². The highest BCUT2D eigenvalue weighted by Gasteiger charge is 2.31. The highest BCUT2D eigenvalue weighted by molar-refractivity contribution is 7.99. The van der Waals surface area contributed by atoms with E-state index in [0.717, 1.165) is 21.7 Å². The Kier molecular flexibility index (Phi) is 4.81. The van der Waals surface area contributed by atoms with Crippen molar-refractivity contribution in [1.82, 2.24) is 9.55 Å². The number of carbonyl (C=O) groups excluding carboxylic acids is 1. The molecule has 8 heteroatoms. The molecule has 0 bridgehead atoms. The van der Waals surface area contributed by atoms with Crippen LogP contribution in [0, 0.1) is 6.92 Å². The molecule has 0 unspecified atom stereocenters. The number of hydrogen-bond donors (Lipinski definition) is 1. The number of hydrogen-bond acceptors (Lipinski definition) is 6. The largest absolute Gasteiger partial charge is 0.370 e. The molecule has 0 saturated heterocycles. The number of aryl methyl sites for hydroxylation is 1. The van der Waals surface area contributed by atoms with Crippen LogP contribution in [0.15, 0.2) is 34.2 Å². The van der Waals surface area contributed by atoms with Crippen LogP contribution in [0.1, 0.15) is 29.9 Å². The van der Waals surface area contributed by atoms with E-state index in [-0.39, 0.29) is 16.9 Å². The third-order valence-corrected chi connectivity index (χ3v) is 6.74. The first-order chi connectivity index (χ1) is 13.2. The van der Waals surface area contributed by atoms with Gasteiger partial charge in [-0.05, 0) is 44.0 Å². The number of nitrogens with two attached hydrogens (primary N) is 1. The summed E-state index contributed by atoms with van der Waals surface area (Å²) in [6, 6.07) is 7.70. The van der Waals surface area contributed by atoms with Gasteiger partial charge in [-0.25, -0.2) is 4.98 Å². The van der Waals surface area contributed by atoms with Crippen LogP contribution < -0.4 is 11.3 Å². The first kappa shape index (κ1) is 19.2. The first-order valence-corrected chi connectivity index (χ1v) is 10.7. The number of nitrogens with zero attached hydrogens (tertiary/aromatic N) is 2. The summed E-state index contributed by atoms with van der Waals surface area (Å²) in [4.78, 5) is 31.4. The number of ether oxygens (including phenoxy) is 1. The maximum atomic E-state index is 13.6. The lowest BCUT2D eigenvalue weighted by Crippen LogP contribution is -2.32. The fourth-order valence-corrected chi connectivity index (χ4v) is 5.30. The second-order valence-corrected chi connectivity index (χ2v) is 9.56. The quantitative estimate of drug-likeness (QED) is 0.522.